The highest BCUT2D eigenvalue weighted by molar-refractivity contribution is 5.92. The first-order valence-electron chi connectivity index (χ1n) is 8.84. The van der Waals surface area contributed by atoms with Gasteiger partial charge in [-0.05, 0) is 42.9 Å². The summed E-state index contributed by atoms with van der Waals surface area (Å²) < 4.78 is 10.7. The van der Waals surface area contributed by atoms with E-state index in [1.54, 1.807) is 13.4 Å². The Morgan fingerprint density at radius 1 is 1.15 bits per heavy atom. The molecule has 27 heavy (non-hydrogen) atoms. The normalized spacial score (nSPS) is 10.8. The van der Waals surface area contributed by atoms with E-state index in [1.807, 2.05) is 66.4 Å². The Balaban J connectivity index is 1.57. The quantitative estimate of drug-likeness (QED) is 0.657. The average molecular weight is 365 g/mol. The topological polar surface area (TPSA) is 67.6 Å². The smallest absolute Gasteiger partial charge is 0.238 e. The molecule has 3 aromatic rings. The van der Waals surface area contributed by atoms with Crippen molar-refractivity contribution in [2.24, 2.45) is 0 Å². The summed E-state index contributed by atoms with van der Waals surface area (Å²) in [5, 5.41) is 2.89. The molecule has 1 N–H and O–H groups in total. The molecule has 0 saturated carbocycles. The van der Waals surface area contributed by atoms with Crippen molar-refractivity contribution < 1.29 is 13.9 Å². The SMILES string of the molecule is CCN(CC(=O)Nc1ccc(OC)cc1)Cc1coc(-c2ccccc2)n1. The molecule has 0 aliphatic rings. The van der Waals surface area contributed by atoms with Gasteiger partial charge in [0.25, 0.3) is 0 Å². The molecule has 0 aliphatic carbocycles. The maximum atomic E-state index is 12.3. The highest BCUT2D eigenvalue weighted by Crippen LogP contribution is 2.19. The third-order valence-electron chi connectivity index (χ3n) is 4.15. The predicted octanol–water partition coefficient (Wildman–Crippen LogP) is 3.81. The fraction of sp³-hybridized carbons (Fsp3) is 0.238. The molecular formula is C21H23N3O3. The number of aromatic nitrogens is 1. The van der Waals surface area contributed by atoms with E-state index in [9.17, 15) is 4.79 Å². The Bertz CT molecular complexity index is 860. The fourth-order valence-corrected chi connectivity index (χ4v) is 2.68. The Labute approximate surface area is 158 Å². The number of rotatable bonds is 8. The molecule has 1 aromatic heterocycles. The van der Waals surface area contributed by atoms with E-state index < -0.39 is 0 Å². The maximum absolute atomic E-state index is 12.3. The van der Waals surface area contributed by atoms with Crippen molar-refractivity contribution in [2.45, 2.75) is 13.5 Å². The number of amides is 1. The second kappa shape index (κ2) is 9.00. The van der Waals surface area contributed by atoms with Crippen molar-refractivity contribution in [1.29, 1.82) is 0 Å². The summed E-state index contributed by atoms with van der Waals surface area (Å²) in [7, 11) is 1.61. The van der Waals surface area contributed by atoms with Crippen LogP contribution in [-0.4, -0.2) is 36.0 Å². The summed E-state index contributed by atoms with van der Waals surface area (Å²) in [4.78, 5) is 18.9. The Hall–Kier alpha value is -3.12. The zero-order valence-corrected chi connectivity index (χ0v) is 15.5. The monoisotopic (exact) mass is 365 g/mol. The molecular weight excluding hydrogens is 342 g/mol. The first-order chi connectivity index (χ1) is 13.2. The van der Waals surface area contributed by atoms with Crippen LogP contribution in [0.15, 0.2) is 65.3 Å². The number of nitrogens with one attached hydrogen (secondary N) is 1. The first-order valence-corrected chi connectivity index (χ1v) is 8.84. The molecule has 0 bridgehead atoms. The van der Waals surface area contributed by atoms with Crippen LogP contribution in [0.4, 0.5) is 5.69 Å². The molecule has 0 saturated heterocycles. The number of ether oxygens (including phenoxy) is 1. The van der Waals surface area contributed by atoms with Gasteiger partial charge in [-0.1, -0.05) is 25.1 Å². The molecule has 0 fully saturated rings. The molecule has 2 aromatic carbocycles. The van der Waals surface area contributed by atoms with Crippen LogP contribution in [-0.2, 0) is 11.3 Å². The third kappa shape index (κ3) is 5.18. The summed E-state index contributed by atoms with van der Waals surface area (Å²) in [6.07, 6.45) is 1.65. The molecule has 6 nitrogen and oxygen atoms in total. The molecule has 0 unspecified atom stereocenters. The van der Waals surface area contributed by atoms with Crippen LogP contribution < -0.4 is 10.1 Å². The van der Waals surface area contributed by atoms with Gasteiger partial charge in [-0.3, -0.25) is 9.69 Å². The van der Waals surface area contributed by atoms with Crippen molar-refractivity contribution in [3.63, 3.8) is 0 Å². The molecule has 140 valence electrons. The van der Waals surface area contributed by atoms with Crippen molar-refractivity contribution >= 4 is 11.6 Å². The van der Waals surface area contributed by atoms with Crippen molar-refractivity contribution in [2.75, 3.05) is 25.5 Å². The lowest BCUT2D eigenvalue weighted by Crippen LogP contribution is -2.32. The highest BCUT2D eigenvalue weighted by Gasteiger charge is 2.13. The van der Waals surface area contributed by atoms with Crippen molar-refractivity contribution in [3.8, 4) is 17.2 Å². The number of nitrogens with zero attached hydrogens (tertiary/aromatic N) is 2. The lowest BCUT2D eigenvalue weighted by Gasteiger charge is -2.18. The number of hydrogen-bond acceptors (Lipinski definition) is 5. The van der Waals surface area contributed by atoms with Gasteiger partial charge in [0.1, 0.15) is 12.0 Å². The van der Waals surface area contributed by atoms with Crippen molar-refractivity contribution in [1.82, 2.24) is 9.88 Å². The number of benzene rings is 2. The Morgan fingerprint density at radius 2 is 1.89 bits per heavy atom. The largest absolute Gasteiger partial charge is 0.497 e. The van der Waals surface area contributed by atoms with Gasteiger partial charge in [-0.2, -0.15) is 0 Å². The van der Waals surface area contributed by atoms with Gasteiger partial charge in [-0.25, -0.2) is 4.98 Å². The van der Waals surface area contributed by atoms with Crippen LogP contribution in [0, 0.1) is 0 Å². The van der Waals surface area contributed by atoms with Crippen LogP contribution in [0.25, 0.3) is 11.5 Å². The first kappa shape index (κ1) is 18.7. The fourth-order valence-electron chi connectivity index (χ4n) is 2.68. The second-order valence-electron chi connectivity index (χ2n) is 6.09. The van der Waals surface area contributed by atoms with Gasteiger partial charge in [0, 0.05) is 17.8 Å². The standard InChI is InChI=1S/C21H23N3O3/c1-3-24(14-20(25)22-17-9-11-19(26-2)12-10-17)13-18-15-27-21(23-18)16-7-5-4-6-8-16/h4-12,15H,3,13-14H2,1-2H3,(H,22,25). The summed E-state index contributed by atoms with van der Waals surface area (Å²) in [5.74, 6) is 1.27. The van der Waals surface area contributed by atoms with Gasteiger partial charge in [0.2, 0.25) is 11.8 Å². The minimum Gasteiger partial charge on any atom is -0.497 e. The number of oxazole rings is 1. The number of carbonyl (C=O) groups excluding carboxylic acids is 1. The van der Waals surface area contributed by atoms with Gasteiger partial charge in [-0.15, -0.1) is 0 Å². The zero-order valence-electron chi connectivity index (χ0n) is 15.5. The molecule has 1 amide bonds. The van der Waals surface area contributed by atoms with Crippen molar-refractivity contribution in [3.05, 3.63) is 66.6 Å². The summed E-state index contributed by atoms with van der Waals surface area (Å²) in [6, 6.07) is 17.0. The second-order valence-corrected chi connectivity index (χ2v) is 6.09. The average Bonchev–Trinajstić information content (AvgIpc) is 3.17. The van der Waals surface area contributed by atoms with Gasteiger partial charge in [0.15, 0.2) is 0 Å². The van der Waals surface area contributed by atoms with E-state index in [1.165, 1.54) is 0 Å². The molecule has 1 heterocycles. The van der Waals surface area contributed by atoms with Gasteiger partial charge < -0.3 is 14.5 Å². The number of carbonyl (C=O) groups is 1. The summed E-state index contributed by atoms with van der Waals surface area (Å²) >= 11 is 0. The molecule has 0 spiro atoms. The van der Waals surface area contributed by atoms with E-state index in [2.05, 4.69) is 10.3 Å². The van der Waals surface area contributed by atoms with E-state index in [-0.39, 0.29) is 12.5 Å². The van der Waals surface area contributed by atoms with E-state index in [4.69, 9.17) is 9.15 Å². The number of methoxy groups -OCH3 is 1. The number of likely N-dealkylation sites (N-methyl/N-ethyl adjacent to an activating group) is 1. The van der Waals surface area contributed by atoms with Crippen LogP contribution in [0.1, 0.15) is 12.6 Å². The lowest BCUT2D eigenvalue weighted by molar-refractivity contribution is -0.117. The van der Waals surface area contributed by atoms with E-state index >= 15 is 0 Å². The molecule has 0 aliphatic heterocycles. The van der Waals surface area contributed by atoms with Gasteiger partial charge >= 0.3 is 0 Å². The molecule has 6 heteroatoms. The molecule has 0 radical (unpaired) electrons. The number of anilines is 1. The van der Waals surface area contributed by atoms with Crippen LogP contribution in [0.2, 0.25) is 0 Å². The minimum atomic E-state index is -0.0752. The predicted molar refractivity (Wildman–Crippen MR) is 105 cm³/mol. The van der Waals surface area contributed by atoms with E-state index in [0.29, 0.717) is 12.4 Å². The Morgan fingerprint density at radius 3 is 2.56 bits per heavy atom. The highest BCUT2D eigenvalue weighted by atomic mass is 16.5. The minimum absolute atomic E-state index is 0.0752. The molecule has 0 atom stereocenters. The van der Waals surface area contributed by atoms with Crippen LogP contribution in [0.3, 0.4) is 0 Å². The van der Waals surface area contributed by atoms with Crippen LogP contribution >= 0.6 is 0 Å². The van der Waals surface area contributed by atoms with Crippen LogP contribution in [0.5, 0.6) is 5.75 Å². The summed E-state index contributed by atoms with van der Waals surface area (Å²) in [5.41, 5.74) is 2.47. The lowest BCUT2D eigenvalue weighted by atomic mass is 10.2. The third-order valence-corrected chi connectivity index (χ3v) is 4.15. The van der Waals surface area contributed by atoms with Gasteiger partial charge in [0.05, 0.1) is 19.3 Å². The van der Waals surface area contributed by atoms with E-state index in [0.717, 1.165) is 29.2 Å². The maximum Gasteiger partial charge on any atom is 0.238 e. The Kier molecular flexibility index (Phi) is 6.22. The summed E-state index contributed by atoms with van der Waals surface area (Å²) in [6.45, 7) is 3.56. The molecule has 3 rings (SSSR count). The number of hydrogen-bond donors (Lipinski definition) is 1. The zero-order chi connectivity index (χ0) is 19.1.